The molecule has 0 atom stereocenters. The fraction of sp³-hybridized carbons (Fsp3) is 0.467. The van der Waals surface area contributed by atoms with Crippen molar-refractivity contribution in [1.29, 1.82) is 0 Å². The molecule has 0 aliphatic heterocycles. The molecule has 2 nitrogen and oxygen atoms in total. The van der Waals surface area contributed by atoms with Gasteiger partial charge in [0.2, 0.25) is 0 Å². The third kappa shape index (κ3) is 2.58. The average Bonchev–Trinajstić information content (AvgIpc) is 2.81. The average molecular weight is 264 g/mol. The summed E-state index contributed by atoms with van der Waals surface area (Å²) in [5.41, 5.74) is 0.866. The molecular weight excluding hydrogens is 244 g/mol. The molecule has 1 aromatic carbocycles. The molecule has 0 spiro atoms. The largest absolute Gasteiger partial charge is 0.396 e. The van der Waals surface area contributed by atoms with E-state index in [1.54, 1.807) is 11.3 Å². The van der Waals surface area contributed by atoms with E-state index >= 15 is 0 Å². The predicted octanol–water partition coefficient (Wildman–Crippen LogP) is 3.21. The summed E-state index contributed by atoms with van der Waals surface area (Å²) in [6.07, 6.45) is 2.57. The molecule has 0 saturated heterocycles. The molecule has 1 heterocycles. The van der Waals surface area contributed by atoms with E-state index in [4.69, 9.17) is 0 Å². The summed E-state index contributed by atoms with van der Waals surface area (Å²) in [6, 6.07) is 8.31. The first-order chi connectivity index (χ1) is 8.74. The molecule has 18 heavy (non-hydrogen) atoms. The van der Waals surface area contributed by atoms with Gasteiger partial charge in [-0.15, -0.1) is 11.3 Å². The first kappa shape index (κ1) is 13.5. The number of hydrogen-bond acceptors (Lipinski definition) is 3. The first-order valence-electron chi connectivity index (χ1n) is 6.41. The second kappa shape index (κ2) is 5.83. The van der Waals surface area contributed by atoms with Gasteiger partial charge < -0.3 is 10.2 Å². The van der Waals surface area contributed by atoms with Crippen molar-refractivity contribution in [2.24, 2.45) is 5.41 Å². The van der Waals surface area contributed by atoms with Gasteiger partial charge in [-0.1, -0.05) is 31.5 Å². The second-order valence-electron chi connectivity index (χ2n) is 5.00. The summed E-state index contributed by atoms with van der Waals surface area (Å²) in [4.78, 5) is 0. The minimum absolute atomic E-state index is 0.0432. The molecule has 2 aromatic rings. The van der Waals surface area contributed by atoms with Crippen LogP contribution in [0, 0.1) is 5.41 Å². The van der Waals surface area contributed by atoms with Gasteiger partial charge in [0.15, 0.2) is 0 Å². The van der Waals surface area contributed by atoms with Crippen LogP contribution in [0.3, 0.4) is 0 Å². The van der Waals surface area contributed by atoms with Gasteiger partial charge in [-0.3, -0.25) is 0 Å². The van der Waals surface area contributed by atoms with E-state index in [-0.39, 0.29) is 18.6 Å². The van der Waals surface area contributed by atoms with Crippen LogP contribution in [-0.2, 0) is 6.42 Å². The Balaban J connectivity index is 2.31. The van der Waals surface area contributed by atoms with Gasteiger partial charge in [0.1, 0.15) is 0 Å². The Kier molecular flexibility index (Phi) is 4.38. The number of thiophene rings is 1. The van der Waals surface area contributed by atoms with Gasteiger partial charge in [0.05, 0.1) is 13.2 Å². The monoisotopic (exact) mass is 264 g/mol. The van der Waals surface area contributed by atoms with Crippen LogP contribution in [0.4, 0.5) is 0 Å². The number of aliphatic hydroxyl groups is 2. The zero-order chi connectivity index (χ0) is 13.0. The smallest absolute Gasteiger partial charge is 0.0512 e. The highest BCUT2D eigenvalue weighted by Gasteiger charge is 2.29. The van der Waals surface area contributed by atoms with Crippen molar-refractivity contribution < 1.29 is 10.2 Å². The number of aliphatic hydroxyl groups excluding tert-OH is 2. The van der Waals surface area contributed by atoms with E-state index in [2.05, 4.69) is 24.4 Å². The molecule has 0 amide bonds. The molecule has 0 fully saturated rings. The lowest BCUT2D eigenvalue weighted by Gasteiger charge is -2.29. The van der Waals surface area contributed by atoms with Gasteiger partial charge in [0.25, 0.3) is 0 Å². The molecule has 0 aliphatic rings. The van der Waals surface area contributed by atoms with E-state index < -0.39 is 0 Å². The van der Waals surface area contributed by atoms with Crippen molar-refractivity contribution >= 4 is 21.4 Å². The van der Waals surface area contributed by atoms with Crippen LogP contribution in [0.2, 0.25) is 0 Å². The lowest BCUT2D eigenvalue weighted by Crippen LogP contribution is -2.32. The summed E-state index contributed by atoms with van der Waals surface area (Å²) in [5, 5.41) is 22.7. The highest BCUT2D eigenvalue weighted by Crippen LogP contribution is 2.33. The van der Waals surface area contributed by atoms with E-state index in [0.29, 0.717) is 0 Å². The van der Waals surface area contributed by atoms with Crippen molar-refractivity contribution in [3.05, 3.63) is 35.2 Å². The van der Waals surface area contributed by atoms with Crippen molar-refractivity contribution in [1.82, 2.24) is 0 Å². The van der Waals surface area contributed by atoms with Gasteiger partial charge in [0, 0.05) is 10.1 Å². The summed E-state index contributed by atoms with van der Waals surface area (Å²) >= 11 is 1.73. The van der Waals surface area contributed by atoms with Crippen LogP contribution in [0.15, 0.2) is 29.6 Å². The first-order valence-corrected chi connectivity index (χ1v) is 7.29. The number of benzene rings is 1. The summed E-state index contributed by atoms with van der Waals surface area (Å²) in [5.74, 6) is 0. The molecule has 2 N–H and O–H groups in total. The van der Waals surface area contributed by atoms with Gasteiger partial charge in [-0.05, 0) is 35.2 Å². The van der Waals surface area contributed by atoms with Gasteiger partial charge in [-0.2, -0.15) is 0 Å². The molecule has 0 unspecified atom stereocenters. The lowest BCUT2D eigenvalue weighted by atomic mass is 9.79. The Morgan fingerprint density at radius 1 is 1.17 bits per heavy atom. The van der Waals surface area contributed by atoms with Crippen molar-refractivity contribution in [2.45, 2.75) is 26.2 Å². The lowest BCUT2D eigenvalue weighted by molar-refractivity contribution is 0.0469. The maximum Gasteiger partial charge on any atom is 0.0512 e. The third-order valence-corrected chi connectivity index (χ3v) is 4.59. The fourth-order valence-corrected chi connectivity index (χ4v) is 3.48. The van der Waals surface area contributed by atoms with E-state index in [0.717, 1.165) is 19.3 Å². The minimum Gasteiger partial charge on any atom is -0.396 e. The maximum absolute atomic E-state index is 9.62. The zero-order valence-electron chi connectivity index (χ0n) is 10.7. The van der Waals surface area contributed by atoms with Crippen LogP contribution in [0.5, 0.6) is 0 Å². The molecule has 3 heteroatoms. The second-order valence-corrected chi connectivity index (χ2v) is 5.91. The minimum atomic E-state index is -0.376. The van der Waals surface area contributed by atoms with E-state index in [9.17, 15) is 10.2 Å². The Labute approximate surface area is 112 Å². The quantitative estimate of drug-likeness (QED) is 0.841. The van der Waals surface area contributed by atoms with Crippen LogP contribution in [0.1, 0.15) is 25.3 Å². The SMILES string of the molecule is CCCC(CO)(CO)Cc1csc2ccccc12. The normalized spacial score (nSPS) is 12.2. The molecule has 0 aliphatic carbocycles. The summed E-state index contributed by atoms with van der Waals surface area (Å²) in [7, 11) is 0. The van der Waals surface area contributed by atoms with Gasteiger partial charge >= 0.3 is 0 Å². The molecule has 0 radical (unpaired) electrons. The van der Waals surface area contributed by atoms with Crippen molar-refractivity contribution in [3.63, 3.8) is 0 Å². The Bertz CT molecular complexity index is 500. The predicted molar refractivity (Wildman–Crippen MR) is 77.0 cm³/mol. The molecule has 1 aromatic heterocycles. The van der Waals surface area contributed by atoms with E-state index in [1.165, 1.54) is 15.6 Å². The highest BCUT2D eigenvalue weighted by molar-refractivity contribution is 7.17. The number of rotatable bonds is 6. The summed E-state index contributed by atoms with van der Waals surface area (Å²) < 4.78 is 1.27. The number of fused-ring (bicyclic) bond motifs is 1. The van der Waals surface area contributed by atoms with Crippen LogP contribution >= 0.6 is 11.3 Å². The zero-order valence-corrected chi connectivity index (χ0v) is 11.5. The standard InChI is InChI=1S/C15H20O2S/c1-2-7-15(10-16,11-17)8-12-9-18-14-6-4-3-5-13(12)14/h3-6,9,16-17H,2,7-8,10-11H2,1H3. The molecule has 98 valence electrons. The molecular formula is C15H20O2S. The third-order valence-electron chi connectivity index (χ3n) is 3.58. The molecule has 2 rings (SSSR count). The summed E-state index contributed by atoms with van der Waals surface area (Å²) in [6.45, 7) is 2.18. The topological polar surface area (TPSA) is 40.5 Å². The Morgan fingerprint density at radius 3 is 2.56 bits per heavy atom. The van der Waals surface area contributed by atoms with E-state index in [1.807, 2.05) is 12.1 Å². The molecule has 0 bridgehead atoms. The Hall–Kier alpha value is -0.900. The van der Waals surface area contributed by atoms with Crippen LogP contribution in [0.25, 0.3) is 10.1 Å². The molecule has 0 saturated carbocycles. The van der Waals surface area contributed by atoms with Crippen LogP contribution < -0.4 is 0 Å². The van der Waals surface area contributed by atoms with Crippen LogP contribution in [-0.4, -0.2) is 23.4 Å². The van der Waals surface area contributed by atoms with Crippen molar-refractivity contribution in [3.8, 4) is 0 Å². The Morgan fingerprint density at radius 2 is 1.89 bits per heavy atom. The van der Waals surface area contributed by atoms with Crippen molar-refractivity contribution in [2.75, 3.05) is 13.2 Å². The number of hydrogen-bond donors (Lipinski definition) is 2. The highest BCUT2D eigenvalue weighted by atomic mass is 32.1. The fourth-order valence-electron chi connectivity index (χ4n) is 2.51. The van der Waals surface area contributed by atoms with Gasteiger partial charge in [-0.25, -0.2) is 0 Å². The maximum atomic E-state index is 9.62.